The Hall–Kier alpha value is -0.820. The molecule has 19 heavy (non-hydrogen) atoms. The predicted molar refractivity (Wildman–Crippen MR) is 81.2 cm³/mol. The van der Waals surface area contributed by atoms with Gasteiger partial charge in [-0.25, -0.2) is 0 Å². The van der Waals surface area contributed by atoms with Crippen LogP contribution in [0.15, 0.2) is 24.3 Å². The van der Waals surface area contributed by atoms with Crippen LogP contribution >= 0.6 is 0 Å². The fourth-order valence-corrected chi connectivity index (χ4v) is 3.43. The van der Waals surface area contributed by atoms with Crippen molar-refractivity contribution in [2.75, 3.05) is 6.54 Å². The molecule has 0 spiro atoms. The summed E-state index contributed by atoms with van der Waals surface area (Å²) in [5.74, 6) is 2.75. The highest BCUT2D eigenvalue weighted by molar-refractivity contribution is 5.33. The van der Waals surface area contributed by atoms with Crippen LogP contribution in [-0.2, 0) is 6.54 Å². The molecule has 0 heterocycles. The molecule has 2 fully saturated rings. The average Bonchev–Trinajstić information content (AvgIpc) is 3.26. The largest absolute Gasteiger partial charge is 0.312 e. The fourth-order valence-electron chi connectivity index (χ4n) is 3.43. The fraction of sp³-hybridized carbons (Fsp3) is 0.667. The van der Waals surface area contributed by atoms with Gasteiger partial charge >= 0.3 is 0 Å². The molecule has 0 bridgehead atoms. The van der Waals surface area contributed by atoms with Crippen LogP contribution in [0.5, 0.6) is 0 Å². The quantitative estimate of drug-likeness (QED) is 0.820. The second-order valence-electron chi connectivity index (χ2n) is 6.73. The zero-order valence-electron chi connectivity index (χ0n) is 12.2. The first-order valence-electron chi connectivity index (χ1n) is 8.11. The van der Waals surface area contributed by atoms with Crippen LogP contribution in [0, 0.1) is 11.8 Å². The molecule has 1 N–H and O–H groups in total. The maximum atomic E-state index is 3.71. The van der Waals surface area contributed by atoms with Crippen molar-refractivity contribution in [3.8, 4) is 0 Å². The summed E-state index contributed by atoms with van der Waals surface area (Å²) in [4.78, 5) is 0. The summed E-state index contributed by atoms with van der Waals surface area (Å²) in [5, 5.41) is 3.71. The molecule has 1 nitrogen and oxygen atoms in total. The Balaban J connectivity index is 1.47. The zero-order chi connectivity index (χ0) is 13.1. The third-order valence-corrected chi connectivity index (χ3v) is 4.96. The van der Waals surface area contributed by atoms with Crippen molar-refractivity contribution in [1.82, 2.24) is 5.32 Å². The molecule has 2 saturated carbocycles. The zero-order valence-corrected chi connectivity index (χ0v) is 12.2. The van der Waals surface area contributed by atoms with Gasteiger partial charge in [-0.05, 0) is 61.1 Å². The number of benzene rings is 1. The van der Waals surface area contributed by atoms with Crippen LogP contribution in [0.2, 0.25) is 0 Å². The van der Waals surface area contributed by atoms with E-state index in [-0.39, 0.29) is 0 Å². The van der Waals surface area contributed by atoms with E-state index in [1.54, 1.807) is 5.56 Å². The highest BCUT2D eigenvalue weighted by atomic mass is 14.9. The number of hydrogen-bond acceptors (Lipinski definition) is 1. The van der Waals surface area contributed by atoms with Gasteiger partial charge in [-0.15, -0.1) is 0 Å². The maximum absolute atomic E-state index is 3.71. The third kappa shape index (κ3) is 3.60. The molecule has 1 heteroatoms. The van der Waals surface area contributed by atoms with Crippen molar-refractivity contribution in [2.24, 2.45) is 11.8 Å². The summed E-state index contributed by atoms with van der Waals surface area (Å²) in [6, 6.07) is 9.02. The Morgan fingerprint density at radius 1 is 1.00 bits per heavy atom. The van der Waals surface area contributed by atoms with Gasteiger partial charge in [-0.1, -0.05) is 44.0 Å². The molecular weight excluding hydrogens is 230 g/mol. The van der Waals surface area contributed by atoms with Gasteiger partial charge in [0.15, 0.2) is 0 Å². The lowest BCUT2D eigenvalue weighted by atomic mass is 9.83. The minimum Gasteiger partial charge on any atom is -0.312 e. The van der Waals surface area contributed by atoms with Crippen molar-refractivity contribution in [3.63, 3.8) is 0 Å². The topological polar surface area (TPSA) is 12.0 Å². The first-order chi connectivity index (χ1) is 9.33. The normalized spacial score (nSPS) is 27.4. The van der Waals surface area contributed by atoms with Crippen LogP contribution < -0.4 is 5.32 Å². The summed E-state index contributed by atoms with van der Waals surface area (Å²) in [6.45, 7) is 4.68. The van der Waals surface area contributed by atoms with Gasteiger partial charge in [-0.2, -0.15) is 0 Å². The Bertz CT molecular complexity index is 400. The molecule has 0 atom stereocenters. The molecule has 0 unspecified atom stereocenters. The Morgan fingerprint density at radius 2 is 1.74 bits per heavy atom. The third-order valence-electron chi connectivity index (χ3n) is 4.96. The van der Waals surface area contributed by atoms with Crippen molar-refractivity contribution in [1.29, 1.82) is 0 Å². The van der Waals surface area contributed by atoms with Gasteiger partial charge in [0.2, 0.25) is 0 Å². The number of nitrogens with one attached hydrogen (secondary N) is 1. The van der Waals surface area contributed by atoms with E-state index in [1.807, 2.05) is 0 Å². The van der Waals surface area contributed by atoms with E-state index in [1.165, 1.54) is 50.6 Å². The van der Waals surface area contributed by atoms with Crippen LogP contribution in [0.1, 0.15) is 62.5 Å². The second-order valence-corrected chi connectivity index (χ2v) is 6.73. The first-order valence-corrected chi connectivity index (χ1v) is 8.11. The van der Waals surface area contributed by atoms with E-state index in [4.69, 9.17) is 0 Å². The highest BCUT2D eigenvalue weighted by Crippen LogP contribution is 2.41. The molecule has 0 saturated heterocycles. The van der Waals surface area contributed by atoms with Gasteiger partial charge in [0, 0.05) is 6.54 Å². The maximum Gasteiger partial charge on any atom is 0.0208 e. The van der Waals surface area contributed by atoms with E-state index in [2.05, 4.69) is 36.5 Å². The van der Waals surface area contributed by atoms with E-state index < -0.39 is 0 Å². The van der Waals surface area contributed by atoms with Gasteiger partial charge < -0.3 is 5.32 Å². The van der Waals surface area contributed by atoms with E-state index in [0.29, 0.717) is 0 Å². The molecule has 0 aliphatic heterocycles. The Morgan fingerprint density at radius 3 is 2.47 bits per heavy atom. The summed E-state index contributed by atoms with van der Waals surface area (Å²) in [6.07, 6.45) is 8.53. The van der Waals surface area contributed by atoms with Gasteiger partial charge in [0.25, 0.3) is 0 Å². The molecule has 3 rings (SSSR count). The minimum atomic E-state index is 0.869. The number of rotatable bonds is 5. The molecule has 2 aliphatic rings. The van der Waals surface area contributed by atoms with Crippen LogP contribution in [0.3, 0.4) is 0 Å². The van der Waals surface area contributed by atoms with Gasteiger partial charge in [0.05, 0.1) is 0 Å². The SMILES string of the molecule is CC1CCC(CNCc2ccccc2C2CC2)CC1. The van der Waals surface area contributed by atoms with Crippen LogP contribution in [-0.4, -0.2) is 6.54 Å². The number of hydrogen-bond donors (Lipinski definition) is 1. The van der Waals surface area contributed by atoms with E-state index >= 15 is 0 Å². The second kappa shape index (κ2) is 6.09. The summed E-state index contributed by atoms with van der Waals surface area (Å²) >= 11 is 0. The van der Waals surface area contributed by atoms with Gasteiger partial charge in [-0.3, -0.25) is 0 Å². The van der Waals surface area contributed by atoms with Crippen molar-refractivity contribution >= 4 is 0 Å². The minimum absolute atomic E-state index is 0.869. The molecule has 2 aliphatic carbocycles. The molecule has 0 aromatic heterocycles. The first kappa shape index (κ1) is 13.2. The molecular formula is C18H27N. The van der Waals surface area contributed by atoms with Crippen molar-refractivity contribution < 1.29 is 0 Å². The predicted octanol–water partition coefficient (Wildman–Crippen LogP) is 4.48. The van der Waals surface area contributed by atoms with Crippen LogP contribution in [0.4, 0.5) is 0 Å². The Kier molecular flexibility index (Phi) is 4.22. The molecule has 1 aromatic carbocycles. The monoisotopic (exact) mass is 257 g/mol. The molecule has 0 amide bonds. The van der Waals surface area contributed by atoms with Gasteiger partial charge in [0.1, 0.15) is 0 Å². The lowest BCUT2D eigenvalue weighted by Gasteiger charge is -2.26. The molecule has 0 radical (unpaired) electrons. The summed E-state index contributed by atoms with van der Waals surface area (Å²) in [5.41, 5.74) is 3.14. The van der Waals surface area contributed by atoms with Crippen LogP contribution in [0.25, 0.3) is 0 Å². The van der Waals surface area contributed by atoms with E-state index in [9.17, 15) is 0 Å². The van der Waals surface area contributed by atoms with E-state index in [0.717, 1.165) is 24.3 Å². The van der Waals surface area contributed by atoms with Crippen molar-refractivity contribution in [2.45, 2.75) is 57.9 Å². The highest BCUT2D eigenvalue weighted by Gasteiger charge is 2.25. The van der Waals surface area contributed by atoms with Crippen molar-refractivity contribution in [3.05, 3.63) is 35.4 Å². The molecule has 104 valence electrons. The lowest BCUT2D eigenvalue weighted by Crippen LogP contribution is -2.26. The molecule has 1 aromatic rings. The average molecular weight is 257 g/mol. The standard InChI is InChI=1S/C18H27N/c1-14-6-8-15(9-7-14)12-19-13-17-4-2-3-5-18(17)16-10-11-16/h2-5,14-16,19H,6-13H2,1H3. The smallest absolute Gasteiger partial charge is 0.0208 e. The summed E-state index contributed by atoms with van der Waals surface area (Å²) in [7, 11) is 0. The summed E-state index contributed by atoms with van der Waals surface area (Å²) < 4.78 is 0. The lowest BCUT2D eigenvalue weighted by molar-refractivity contribution is 0.281. The Labute approximate surface area is 117 Å².